The summed E-state index contributed by atoms with van der Waals surface area (Å²) < 4.78 is 0. The molecule has 0 bridgehead atoms. The first kappa shape index (κ1) is 17.0. The van der Waals surface area contributed by atoms with E-state index in [0.717, 1.165) is 18.5 Å². The normalized spacial score (nSPS) is 29.7. The molecule has 1 saturated carbocycles. The Kier molecular flexibility index (Phi) is 7.38. The van der Waals surface area contributed by atoms with Gasteiger partial charge in [-0.15, -0.1) is 0 Å². The second-order valence-corrected chi connectivity index (χ2v) is 7.03. The van der Waals surface area contributed by atoms with E-state index in [1.165, 1.54) is 51.6 Å². The van der Waals surface area contributed by atoms with Gasteiger partial charge < -0.3 is 10.2 Å². The maximum Gasteiger partial charge on any atom is 0.00640 e. The minimum absolute atomic E-state index is 0.518. The van der Waals surface area contributed by atoms with Crippen LogP contribution < -0.4 is 5.32 Å². The van der Waals surface area contributed by atoms with E-state index in [2.05, 4.69) is 45.0 Å². The zero-order valence-electron chi connectivity index (χ0n) is 14.0. The van der Waals surface area contributed by atoms with Crippen molar-refractivity contribution < 1.29 is 0 Å². The standard InChI is InChI=1S/C17H36N2/c1-6-9-16(4)19(5)14-17(13-18-7-2)11-8-10-15(3)12-17/h15-16,18H,6-14H2,1-5H3. The van der Waals surface area contributed by atoms with Gasteiger partial charge in [0.15, 0.2) is 0 Å². The Hall–Kier alpha value is -0.0800. The number of nitrogens with one attached hydrogen (secondary N) is 1. The molecule has 114 valence electrons. The molecule has 2 heteroatoms. The highest BCUT2D eigenvalue weighted by molar-refractivity contribution is 4.90. The summed E-state index contributed by atoms with van der Waals surface area (Å²) in [6.45, 7) is 12.9. The van der Waals surface area contributed by atoms with Crippen molar-refractivity contribution in [3.63, 3.8) is 0 Å². The zero-order valence-corrected chi connectivity index (χ0v) is 14.0. The lowest BCUT2D eigenvalue weighted by Gasteiger charge is -2.44. The molecule has 3 atom stereocenters. The van der Waals surface area contributed by atoms with Gasteiger partial charge in [0.05, 0.1) is 0 Å². The van der Waals surface area contributed by atoms with Crippen LogP contribution in [0.25, 0.3) is 0 Å². The van der Waals surface area contributed by atoms with Gasteiger partial charge in [-0.2, -0.15) is 0 Å². The second kappa shape index (κ2) is 8.26. The lowest BCUT2D eigenvalue weighted by Crippen LogP contribution is -2.47. The molecule has 0 aromatic rings. The Morgan fingerprint density at radius 1 is 1.37 bits per heavy atom. The van der Waals surface area contributed by atoms with Crippen LogP contribution in [0.5, 0.6) is 0 Å². The SMILES string of the molecule is CCCC(C)N(C)CC1(CNCC)CCCC(C)C1. The minimum Gasteiger partial charge on any atom is -0.316 e. The highest BCUT2D eigenvalue weighted by Crippen LogP contribution is 2.39. The molecule has 0 aromatic carbocycles. The van der Waals surface area contributed by atoms with E-state index in [-0.39, 0.29) is 0 Å². The van der Waals surface area contributed by atoms with Crippen LogP contribution in [0.1, 0.15) is 66.2 Å². The van der Waals surface area contributed by atoms with E-state index in [4.69, 9.17) is 0 Å². The molecule has 0 heterocycles. The van der Waals surface area contributed by atoms with E-state index < -0.39 is 0 Å². The third-order valence-corrected chi connectivity index (χ3v) is 4.98. The molecule has 2 nitrogen and oxygen atoms in total. The van der Waals surface area contributed by atoms with Crippen LogP contribution in [-0.2, 0) is 0 Å². The average molecular weight is 268 g/mol. The van der Waals surface area contributed by atoms with E-state index in [9.17, 15) is 0 Å². The fraction of sp³-hybridized carbons (Fsp3) is 1.00. The predicted octanol–water partition coefficient (Wildman–Crippen LogP) is 3.91. The highest BCUT2D eigenvalue weighted by atomic mass is 15.1. The summed E-state index contributed by atoms with van der Waals surface area (Å²) in [6, 6.07) is 0.723. The van der Waals surface area contributed by atoms with Gasteiger partial charge in [-0.25, -0.2) is 0 Å². The van der Waals surface area contributed by atoms with Crippen molar-refractivity contribution in [1.29, 1.82) is 0 Å². The Labute approximate surface area is 121 Å². The molecule has 1 aliphatic rings. The summed E-state index contributed by atoms with van der Waals surface area (Å²) in [4.78, 5) is 2.61. The molecule has 0 aromatic heterocycles. The quantitative estimate of drug-likeness (QED) is 0.718. The molecule has 0 radical (unpaired) electrons. The maximum atomic E-state index is 3.63. The first-order valence-corrected chi connectivity index (χ1v) is 8.44. The largest absolute Gasteiger partial charge is 0.316 e. The lowest BCUT2D eigenvalue weighted by molar-refractivity contribution is 0.0743. The van der Waals surface area contributed by atoms with Crippen LogP contribution in [0.2, 0.25) is 0 Å². The topological polar surface area (TPSA) is 15.3 Å². The van der Waals surface area contributed by atoms with Crippen molar-refractivity contribution >= 4 is 0 Å². The van der Waals surface area contributed by atoms with Gasteiger partial charge >= 0.3 is 0 Å². The molecule has 0 amide bonds. The van der Waals surface area contributed by atoms with Gasteiger partial charge in [0.1, 0.15) is 0 Å². The van der Waals surface area contributed by atoms with E-state index >= 15 is 0 Å². The first-order valence-electron chi connectivity index (χ1n) is 8.44. The molecule has 3 unspecified atom stereocenters. The fourth-order valence-corrected chi connectivity index (χ4v) is 3.84. The van der Waals surface area contributed by atoms with Crippen molar-refractivity contribution in [3.05, 3.63) is 0 Å². The number of hydrogen-bond acceptors (Lipinski definition) is 2. The number of nitrogens with zero attached hydrogens (tertiary/aromatic N) is 1. The van der Waals surface area contributed by atoms with Crippen LogP contribution in [0.15, 0.2) is 0 Å². The summed E-state index contributed by atoms with van der Waals surface area (Å²) >= 11 is 0. The Morgan fingerprint density at radius 3 is 2.68 bits per heavy atom. The summed E-state index contributed by atoms with van der Waals surface area (Å²) in [7, 11) is 2.33. The van der Waals surface area contributed by atoms with Gasteiger partial charge in [-0.05, 0) is 51.1 Å². The van der Waals surface area contributed by atoms with E-state index in [0.29, 0.717) is 5.41 Å². The Balaban J connectivity index is 2.62. The molecular weight excluding hydrogens is 232 g/mol. The van der Waals surface area contributed by atoms with Gasteiger partial charge in [-0.3, -0.25) is 0 Å². The second-order valence-electron chi connectivity index (χ2n) is 7.03. The molecule has 1 rings (SSSR count). The summed E-state index contributed by atoms with van der Waals surface area (Å²) in [5.74, 6) is 0.905. The molecule has 0 saturated heterocycles. The third kappa shape index (κ3) is 5.43. The van der Waals surface area contributed by atoms with Crippen LogP contribution in [0, 0.1) is 11.3 Å². The van der Waals surface area contributed by atoms with Gasteiger partial charge in [0.25, 0.3) is 0 Å². The maximum absolute atomic E-state index is 3.63. The number of rotatable bonds is 8. The summed E-state index contributed by atoms with van der Waals surface area (Å²) in [5.41, 5.74) is 0.518. The van der Waals surface area contributed by atoms with Crippen LogP contribution in [0.4, 0.5) is 0 Å². The van der Waals surface area contributed by atoms with Crippen LogP contribution >= 0.6 is 0 Å². The van der Waals surface area contributed by atoms with Crippen LogP contribution in [0.3, 0.4) is 0 Å². The molecule has 1 fully saturated rings. The fourth-order valence-electron chi connectivity index (χ4n) is 3.84. The Morgan fingerprint density at radius 2 is 2.11 bits per heavy atom. The van der Waals surface area contributed by atoms with Crippen molar-refractivity contribution in [2.45, 2.75) is 72.3 Å². The van der Waals surface area contributed by atoms with Gasteiger partial charge in [0.2, 0.25) is 0 Å². The van der Waals surface area contributed by atoms with E-state index in [1.54, 1.807) is 0 Å². The molecule has 0 spiro atoms. The number of hydrogen-bond donors (Lipinski definition) is 1. The van der Waals surface area contributed by atoms with E-state index in [1.807, 2.05) is 0 Å². The predicted molar refractivity (Wildman–Crippen MR) is 85.6 cm³/mol. The van der Waals surface area contributed by atoms with Gasteiger partial charge in [-0.1, -0.05) is 40.0 Å². The minimum atomic E-state index is 0.518. The molecule has 1 N–H and O–H groups in total. The summed E-state index contributed by atoms with van der Waals surface area (Å²) in [5, 5.41) is 3.63. The average Bonchev–Trinajstić information content (AvgIpc) is 2.36. The molecule has 1 aliphatic carbocycles. The molecular formula is C17H36N2. The molecule has 19 heavy (non-hydrogen) atoms. The molecule has 0 aliphatic heterocycles. The third-order valence-electron chi connectivity index (χ3n) is 4.98. The Bertz CT molecular complexity index is 241. The van der Waals surface area contributed by atoms with Gasteiger partial charge in [0, 0.05) is 19.1 Å². The van der Waals surface area contributed by atoms with Crippen molar-refractivity contribution in [2.75, 3.05) is 26.7 Å². The summed E-state index contributed by atoms with van der Waals surface area (Å²) in [6.07, 6.45) is 8.28. The van der Waals surface area contributed by atoms with Crippen molar-refractivity contribution in [2.24, 2.45) is 11.3 Å². The van der Waals surface area contributed by atoms with Crippen molar-refractivity contribution in [3.8, 4) is 0 Å². The zero-order chi connectivity index (χ0) is 14.3. The lowest BCUT2D eigenvalue weighted by atomic mass is 9.69. The van der Waals surface area contributed by atoms with Crippen LogP contribution in [-0.4, -0.2) is 37.6 Å². The first-order chi connectivity index (χ1) is 9.03. The monoisotopic (exact) mass is 268 g/mol. The van der Waals surface area contributed by atoms with Crippen molar-refractivity contribution in [1.82, 2.24) is 10.2 Å². The highest BCUT2D eigenvalue weighted by Gasteiger charge is 2.36. The smallest absolute Gasteiger partial charge is 0.00640 e.